The summed E-state index contributed by atoms with van der Waals surface area (Å²) < 4.78 is 9.93. The highest BCUT2D eigenvalue weighted by Gasteiger charge is 2.46. The molecule has 0 unspecified atom stereocenters. The van der Waals surface area contributed by atoms with Crippen molar-refractivity contribution in [3.63, 3.8) is 0 Å². The van der Waals surface area contributed by atoms with Gasteiger partial charge in [-0.3, -0.25) is 4.79 Å². The van der Waals surface area contributed by atoms with E-state index in [1.165, 1.54) is 7.11 Å². The Bertz CT molecular complexity index is 302. The van der Waals surface area contributed by atoms with Gasteiger partial charge >= 0.3 is 6.09 Å². The van der Waals surface area contributed by atoms with E-state index in [0.29, 0.717) is 6.42 Å². The summed E-state index contributed by atoms with van der Waals surface area (Å²) in [6, 6.07) is 0. The van der Waals surface area contributed by atoms with Crippen molar-refractivity contribution < 1.29 is 19.1 Å². The van der Waals surface area contributed by atoms with Crippen LogP contribution in [0, 0.1) is 0 Å². The summed E-state index contributed by atoms with van der Waals surface area (Å²) in [5.41, 5.74) is -0.908. The van der Waals surface area contributed by atoms with E-state index in [1.807, 2.05) is 20.8 Å². The third-order valence-corrected chi connectivity index (χ3v) is 2.46. The zero-order chi connectivity index (χ0) is 13.1. The number of ketones is 1. The Morgan fingerprint density at radius 2 is 1.88 bits per heavy atom. The molecule has 1 saturated carbocycles. The number of ether oxygens (including phenoxy) is 2. The molecule has 1 N–H and O–H groups in total. The molecule has 0 atom stereocenters. The molecule has 1 rings (SSSR count). The Kier molecular flexibility index (Phi) is 4.14. The molecule has 0 saturated heterocycles. The first-order valence-electron chi connectivity index (χ1n) is 5.78. The first-order chi connectivity index (χ1) is 7.76. The molecule has 0 aromatic carbocycles. The average Bonchev–Trinajstić information content (AvgIpc) is 2.80. The van der Waals surface area contributed by atoms with E-state index in [1.54, 1.807) is 0 Å². The smallest absolute Gasteiger partial charge is 0.408 e. The maximum absolute atomic E-state index is 11.6. The van der Waals surface area contributed by atoms with Crippen LogP contribution in [0.3, 0.4) is 0 Å². The number of rotatable bonds is 5. The van der Waals surface area contributed by atoms with E-state index in [9.17, 15) is 9.59 Å². The van der Waals surface area contributed by atoms with Crippen molar-refractivity contribution in [2.24, 2.45) is 0 Å². The van der Waals surface area contributed by atoms with Crippen LogP contribution in [0.4, 0.5) is 4.79 Å². The first-order valence-corrected chi connectivity index (χ1v) is 5.78. The monoisotopic (exact) mass is 243 g/mol. The van der Waals surface area contributed by atoms with Crippen LogP contribution in [-0.4, -0.2) is 36.7 Å². The van der Waals surface area contributed by atoms with Crippen LogP contribution >= 0.6 is 0 Å². The van der Waals surface area contributed by atoms with Crippen LogP contribution in [0.1, 0.15) is 40.0 Å². The van der Waals surface area contributed by atoms with Gasteiger partial charge in [0.05, 0.1) is 5.54 Å². The number of methoxy groups -OCH3 is 1. The minimum absolute atomic E-state index is 0.000980. The summed E-state index contributed by atoms with van der Waals surface area (Å²) in [4.78, 5) is 23.0. The summed E-state index contributed by atoms with van der Waals surface area (Å²) in [7, 11) is 1.48. The lowest BCUT2D eigenvalue weighted by Gasteiger charge is -2.23. The lowest BCUT2D eigenvalue weighted by atomic mass is 10.1. The summed E-state index contributed by atoms with van der Waals surface area (Å²) in [5.74, 6) is 0.000980. The highest BCUT2D eigenvalue weighted by atomic mass is 16.6. The molecule has 1 aliphatic rings. The second kappa shape index (κ2) is 5.04. The number of amides is 1. The second-order valence-electron chi connectivity index (χ2n) is 5.56. The van der Waals surface area contributed by atoms with Gasteiger partial charge in [-0.15, -0.1) is 0 Å². The zero-order valence-electron chi connectivity index (χ0n) is 11.0. The van der Waals surface area contributed by atoms with Crippen molar-refractivity contribution in [2.75, 3.05) is 13.7 Å². The van der Waals surface area contributed by atoms with Crippen LogP contribution in [0.2, 0.25) is 0 Å². The Morgan fingerprint density at radius 3 is 2.29 bits per heavy atom. The predicted molar refractivity (Wildman–Crippen MR) is 62.8 cm³/mol. The van der Waals surface area contributed by atoms with Crippen molar-refractivity contribution in [3.05, 3.63) is 0 Å². The topological polar surface area (TPSA) is 64.6 Å². The zero-order valence-corrected chi connectivity index (χ0v) is 11.0. The van der Waals surface area contributed by atoms with E-state index < -0.39 is 17.2 Å². The maximum Gasteiger partial charge on any atom is 0.408 e. The fraction of sp³-hybridized carbons (Fsp3) is 0.833. The van der Waals surface area contributed by atoms with Gasteiger partial charge in [0.2, 0.25) is 0 Å². The lowest BCUT2D eigenvalue weighted by Crippen LogP contribution is -2.42. The number of carbonyl (C=O) groups is 2. The highest BCUT2D eigenvalue weighted by Crippen LogP contribution is 2.39. The standard InChI is InChI=1S/C12H21NO4/c1-11(2,3)17-10(15)13-12(5-6-12)7-9(14)8-16-4/h5-8H2,1-4H3,(H,13,15). The molecule has 0 aromatic rings. The van der Waals surface area contributed by atoms with Gasteiger partial charge in [0.1, 0.15) is 12.2 Å². The third kappa shape index (κ3) is 5.17. The number of carbonyl (C=O) groups excluding carboxylic acids is 2. The lowest BCUT2D eigenvalue weighted by molar-refractivity contribution is -0.123. The van der Waals surface area contributed by atoms with Gasteiger partial charge in [-0.1, -0.05) is 0 Å². The van der Waals surface area contributed by atoms with Gasteiger partial charge in [-0.2, -0.15) is 0 Å². The SMILES string of the molecule is COCC(=O)CC1(NC(=O)OC(C)(C)C)CC1. The molecule has 98 valence electrons. The van der Waals surface area contributed by atoms with Gasteiger partial charge in [-0.05, 0) is 33.6 Å². The van der Waals surface area contributed by atoms with E-state index in [4.69, 9.17) is 9.47 Å². The fourth-order valence-electron chi connectivity index (χ4n) is 1.61. The first kappa shape index (κ1) is 14.0. The highest BCUT2D eigenvalue weighted by molar-refractivity contribution is 5.82. The van der Waals surface area contributed by atoms with Gasteiger partial charge in [0.25, 0.3) is 0 Å². The molecule has 0 radical (unpaired) electrons. The summed E-state index contributed by atoms with van der Waals surface area (Å²) in [6.07, 6.45) is 1.50. The predicted octanol–water partition coefficient (Wildman–Crippen LogP) is 1.65. The van der Waals surface area contributed by atoms with Crippen LogP contribution < -0.4 is 5.32 Å². The molecule has 0 aromatic heterocycles. The summed E-state index contributed by atoms with van der Waals surface area (Å²) in [5, 5.41) is 2.78. The normalized spacial score (nSPS) is 17.4. The van der Waals surface area contributed by atoms with Crippen molar-refractivity contribution in [3.8, 4) is 0 Å². The van der Waals surface area contributed by atoms with Gasteiger partial charge < -0.3 is 14.8 Å². The number of nitrogens with one attached hydrogen (secondary N) is 1. The summed E-state index contributed by atoms with van der Waals surface area (Å²) >= 11 is 0. The van der Waals surface area contributed by atoms with Crippen molar-refractivity contribution in [1.82, 2.24) is 5.32 Å². The molecule has 0 aliphatic heterocycles. The molecular weight excluding hydrogens is 222 g/mol. The summed E-state index contributed by atoms with van der Waals surface area (Å²) in [6.45, 7) is 5.52. The van der Waals surface area contributed by atoms with Crippen LogP contribution in [-0.2, 0) is 14.3 Å². The molecular formula is C12H21NO4. The average molecular weight is 243 g/mol. The fourth-order valence-corrected chi connectivity index (χ4v) is 1.61. The third-order valence-electron chi connectivity index (χ3n) is 2.46. The molecule has 17 heavy (non-hydrogen) atoms. The molecule has 5 nitrogen and oxygen atoms in total. The van der Waals surface area contributed by atoms with E-state index in [-0.39, 0.29) is 12.4 Å². The molecule has 1 fully saturated rings. The minimum atomic E-state index is -0.517. The second-order valence-corrected chi connectivity index (χ2v) is 5.56. The van der Waals surface area contributed by atoms with Gasteiger partial charge in [0.15, 0.2) is 5.78 Å². The van der Waals surface area contributed by atoms with Crippen LogP contribution in [0.5, 0.6) is 0 Å². The Labute approximate surface area is 102 Å². The van der Waals surface area contributed by atoms with Crippen molar-refractivity contribution in [2.45, 2.75) is 51.2 Å². The van der Waals surface area contributed by atoms with Crippen LogP contribution in [0.15, 0.2) is 0 Å². The number of hydrogen-bond donors (Lipinski definition) is 1. The number of hydrogen-bond acceptors (Lipinski definition) is 4. The molecule has 0 heterocycles. The molecule has 1 aliphatic carbocycles. The quantitative estimate of drug-likeness (QED) is 0.797. The molecule has 1 amide bonds. The maximum atomic E-state index is 11.6. The number of Topliss-reactive ketones (excluding diaryl/α,β-unsaturated/α-hetero) is 1. The number of alkyl carbamates (subject to hydrolysis) is 1. The van der Waals surface area contributed by atoms with Gasteiger partial charge in [-0.25, -0.2) is 4.79 Å². The molecule has 0 spiro atoms. The van der Waals surface area contributed by atoms with Gasteiger partial charge in [0, 0.05) is 13.5 Å². The van der Waals surface area contributed by atoms with Crippen molar-refractivity contribution in [1.29, 1.82) is 0 Å². The van der Waals surface area contributed by atoms with E-state index in [2.05, 4.69) is 5.32 Å². The minimum Gasteiger partial charge on any atom is -0.444 e. The Balaban J connectivity index is 2.40. The Morgan fingerprint density at radius 1 is 1.29 bits per heavy atom. The largest absolute Gasteiger partial charge is 0.444 e. The molecule has 0 bridgehead atoms. The molecule has 5 heteroatoms. The van der Waals surface area contributed by atoms with Crippen molar-refractivity contribution >= 4 is 11.9 Å². The van der Waals surface area contributed by atoms with E-state index >= 15 is 0 Å². The van der Waals surface area contributed by atoms with Crippen LogP contribution in [0.25, 0.3) is 0 Å². The Hall–Kier alpha value is -1.10. The van der Waals surface area contributed by atoms with E-state index in [0.717, 1.165) is 12.8 Å².